The second-order valence-electron chi connectivity index (χ2n) is 6.74. The Morgan fingerprint density at radius 1 is 0.862 bits per heavy atom. The van der Waals surface area contributed by atoms with Crippen LogP contribution in [0.3, 0.4) is 0 Å². The normalized spacial score (nSPS) is 16.1. The van der Waals surface area contributed by atoms with Crippen LogP contribution in [0.15, 0.2) is 0 Å². The molecule has 0 radical (unpaired) electrons. The van der Waals surface area contributed by atoms with Crippen LogP contribution in [0, 0.1) is 5.92 Å². The average Bonchev–Trinajstić information content (AvgIpc) is 2.61. The van der Waals surface area contributed by atoms with Crippen molar-refractivity contribution < 1.29 is 44.4 Å². The quantitative estimate of drug-likeness (QED) is 0.154. The topological polar surface area (TPSA) is 228 Å². The Hall–Kier alpha value is -2.77. The molecule has 166 valence electrons. The number of carbonyl (C=O) groups excluding carboxylic acids is 3. The van der Waals surface area contributed by atoms with Gasteiger partial charge in [-0.25, -0.2) is 4.79 Å². The Morgan fingerprint density at radius 2 is 1.38 bits per heavy atom. The minimum Gasteiger partial charge on any atom is -0.481 e. The maximum atomic E-state index is 12.4. The SMILES string of the molecule is CC(C)C(N)C(=O)NC(CC(=O)O)C(=O)NC(C(=O)NC(CO)C(=O)O)C(C)O. The molecule has 0 aromatic carbocycles. The van der Waals surface area contributed by atoms with E-state index >= 15 is 0 Å². The third kappa shape index (κ3) is 8.85. The Bertz CT molecular complexity index is 624. The van der Waals surface area contributed by atoms with E-state index < -0.39 is 73.0 Å². The predicted molar refractivity (Wildman–Crippen MR) is 97.3 cm³/mol. The van der Waals surface area contributed by atoms with Crippen molar-refractivity contribution >= 4 is 29.7 Å². The summed E-state index contributed by atoms with van der Waals surface area (Å²) in [5.41, 5.74) is 5.66. The summed E-state index contributed by atoms with van der Waals surface area (Å²) in [6.07, 6.45) is -2.34. The van der Waals surface area contributed by atoms with Crippen LogP contribution in [-0.4, -0.2) is 87.0 Å². The van der Waals surface area contributed by atoms with Crippen LogP contribution in [0.1, 0.15) is 27.2 Å². The fourth-order valence-electron chi connectivity index (χ4n) is 2.06. The van der Waals surface area contributed by atoms with E-state index in [1.54, 1.807) is 13.8 Å². The smallest absolute Gasteiger partial charge is 0.328 e. The molecule has 13 nitrogen and oxygen atoms in total. The molecular formula is C16H28N4O9. The number of aliphatic hydroxyl groups is 2. The minimum atomic E-state index is -1.68. The second kappa shape index (κ2) is 11.9. The molecule has 0 fully saturated rings. The van der Waals surface area contributed by atoms with Gasteiger partial charge in [0, 0.05) is 0 Å². The lowest BCUT2D eigenvalue weighted by atomic mass is 10.0. The highest BCUT2D eigenvalue weighted by atomic mass is 16.4. The fraction of sp³-hybridized carbons (Fsp3) is 0.688. The number of nitrogens with one attached hydrogen (secondary N) is 3. The number of carboxylic acids is 2. The zero-order valence-corrected chi connectivity index (χ0v) is 16.3. The van der Waals surface area contributed by atoms with Crippen LogP contribution < -0.4 is 21.7 Å². The standard InChI is InChI=1S/C16H28N4O9/c1-6(2)11(17)14(26)18-8(4-10(23)24)13(25)20-12(7(3)22)15(27)19-9(5-21)16(28)29/h6-9,11-12,21-22H,4-5,17H2,1-3H3,(H,18,26)(H,19,27)(H,20,25)(H,23,24)(H,28,29). The molecule has 0 bridgehead atoms. The fourth-order valence-corrected chi connectivity index (χ4v) is 2.06. The van der Waals surface area contributed by atoms with Crippen molar-refractivity contribution in [3.8, 4) is 0 Å². The van der Waals surface area contributed by atoms with Crippen molar-refractivity contribution in [3.63, 3.8) is 0 Å². The van der Waals surface area contributed by atoms with Crippen molar-refractivity contribution in [1.29, 1.82) is 0 Å². The lowest BCUT2D eigenvalue weighted by molar-refractivity contribution is -0.144. The molecule has 5 unspecified atom stereocenters. The first-order valence-electron chi connectivity index (χ1n) is 8.72. The summed E-state index contributed by atoms with van der Waals surface area (Å²) in [4.78, 5) is 58.6. The first-order chi connectivity index (χ1) is 13.3. The van der Waals surface area contributed by atoms with Gasteiger partial charge >= 0.3 is 11.9 Å². The number of carboxylic acid groups (broad SMARTS) is 2. The number of aliphatic carboxylic acids is 2. The Morgan fingerprint density at radius 3 is 1.76 bits per heavy atom. The maximum Gasteiger partial charge on any atom is 0.328 e. The number of rotatable bonds is 12. The van der Waals surface area contributed by atoms with E-state index in [4.69, 9.17) is 21.1 Å². The number of nitrogens with two attached hydrogens (primary N) is 1. The third-order valence-electron chi connectivity index (χ3n) is 3.89. The number of carbonyl (C=O) groups is 5. The van der Waals surface area contributed by atoms with Crippen molar-refractivity contribution in [2.75, 3.05) is 6.61 Å². The largest absolute Gasteiger partial charge is 0.481 e. The van der Waals surface area contributed by atoms with Gasteiger partial charge in [-0.1, -0.05) is 13.8 Å². The van der Waals surface area contributed by atoms with Gasteiger partial charge in [0.05, 0.1) is 25.2 Å². The highest BCUT2D eigenvalue weighted by molar-refractivity contribution is 5.95. The van der Waals surface area contributed by atoms with Gasteiger partial charge in [-0.05, 0) is 12.8 Å². The summed E-state index contributed by atoms with van der Waals surface area (Å²) < 4.78 is 0. The third-order valence-corrected chi connectivity index (χ3v) is 3.89. The van der Waals surface area contributed by atoms with E-state index in [2.05, 4.69) is 10.6 Å². The van der Waals surface area contributed by atoms with Gasteiger partial charge < -0.3 is 42.1 Å². The van der Waals surface area contributed by atoms with Gasteiger partial charge in [0.2, 0.25) is 17.7 Å². The van der Waals surface area contributed by atoms with Gasteiger partial charge in [0.25, 0.3) is 0 Å². The summed E-state index contributed by atoms with van der Waals surface area (Å²) in [5, 5.41) is 42.7. The van der Waals surface area contributed by atoms with Crippen molar-refractivity contribution in [2.45, 2.75) is 57.5 Å². The Labute approximate surface area is 166 Å². The van der Waals surface area contributed by atoms with E-state index in [9.17, 15) is 29.1 Å². The molecule has 0 aliphatic rings. The highest BCUT2D eigenvalue weighted by Gasteiger charge is 2.33. The zero-order valence-electron chi connectivity index (χ0n) is 16.3. The van der Waals surface area contributed by atoms with E-state index in [0.717, 1.165) is 6.92 Å². The zero-order chi connectivity index (χ0) is 22.9. The number of hydrogen-bond acceptors (Lipinski definition) is 8. The Balaban J connectivity index is 5.38. The first-order valence-corrected chi connectivity index (χ1v) is 8.72. The molecule has 0 aliphatic heterocycles. The van der Waals surface area contributed by atoms with Crippen molar-refractivity contribution in [1.82, 2.24) is 16.0 Å². The van der Waals surface area contributed by atoms with Gasteiger partial charge in [-0.15, -0.1) is 0 Å². The molecule has 0 saturated heterocycles. The molecule has 0 spiro atoms. The number of aliphatic hydroxyl groups excluding tert-OH is 2. The first kappa shape index (κ1) is 26.2. The van der Waals surface area contributed by atoms with E-state index in [0.29, 0.717) is 0 Å². The molecule has 13 heteroatoms. The molecule has 0 heterocycles. The van der Waals surface area contributed by atoms with Crippen molar-refractivity contribution in [3.05, 3.63) is 0 Å². The van der Waals surface area contributed by atoms with E-state index in [1.807, 2.05) is 5.32 Å². The van der Waals surface area contributed by atoms with Gasteiger partial charge in [0.15, 0.2) is 0 Å². The lowest BCUT2D eigenvalue weighted by Crippen LogP contribution is -2.60. The van der Waals surface area contributed by atoms with Crippen molar-refractivity contribution in [2.24, 2.45) is 11.7 Å². The predicted octanol–water partition coefficient (Wildman–Crippen LogP) is -3.64. The number of amides is 3. The minimum absolute atomic E-state index is 0.300. The van der Waals surface area contributed by atoms with E-state index in [1.165, 1.54) is 0 Å². The molecule has 5 atom stereocenters. The molecular weight excluding hydrogens is 392 g/mol. The molecule has 3 amide bonds. The van der Waals surface area contributed by atoms with Crippen LogP contribution in [0.5, 0.6) is 0 Å². The average molecular weight is 420 g/mol. The summed E-state index contributed by atoms with van der Waals surface area (Å²) in [7, 11) is 0. The van der Waals surface area contributed by atoms with Crippen LogP contribution in [0.4, 0.5) is 0 Å². The molecule has 0 aromatic heterocycles. The molecule has 9 N–H and O–H groups in total. The summed E-state index contributed by atoms with van der Waals surface area (Å²) in [5.74, 6) is -6.29. The van der Waals surface area contributed by atoms with E-state index in [-0.39, 0.29) is 5.92 Å². The van der Waals surface area contributed by atoms with Crippen LogP contribution in [-0.2, 0) is 24.0 Å². The van der Waals surface area contributed by atoms with Gasteiger partial charge in [-0.2, -0.15) is 0 Å². The van der Waals surface area contributed by atoms with Crippen LogP contribution in [0.2, 0.25) is 0 Å². The van der Waals surface area contributed by atoms with Crippen LogP contribution >= 0.6 is 0 Å². The molecule has 0 rings (SSSR count). The molecule has 29 heavy (non-hydrogen) atoms. The summed E-state index contributed by atoms with van der Waals surface area (Å²) in [6.45, 7) is 3.47. The van der Waals surface area contributed by atoms with Gasteiger partial charge in [0.1, 0.15) is 18.1 Å². The highest BCUT2D eigenvalue weighted by Crippen LogP contribution is 2.03. The molecule has 0 saturated carbocycles. The maximum absolute atomic E-state index is 12.4. The summed E-state index contributed by atoms with van der Waals surface area (Å²) >= 11 is 0. The van der Waals surface area contributed by atoms with Gasteiger partial charge in [-0.3, -0.25) is 19.2 Å². The van der Waals surface area contributed by atoms with Crippen LogP contribution in [0.25, 0.3) is 0 Å². The summed E-state index contributed by atoms with van der Waals surface area (Å²) in [6, 6.07) is -5.98. The molecule has 0 aliphatic carbocycles. The Kier molecular flexibility index (Phi) is 10.8. The number of hydrogen-bond donors (Lipinski definition) is 8. The monoisotopic (exact) mass is 420 g/mol. The lowest BCUT2D eigenvalue weighted by Gasteiger charge is -2.26. The molecule has 0 aromatic rings. The second-order valence-corrected chi connectivity index (χ2v) is 6.74.